The fraction of sp³-hybridized carbons (Fsp3) is 0.250. The number of aromatic nitrogens is 1. The van der Waals surface area contributed by atoms with Crippen molar-refractivity contribution in [1.29, 1.82) is 0 Å². The summed E-state index contributed by atoms with van der Waals surface area (Å²) >= 11 is 0. The van der Waals surface area contributed by atoms with Gasteiger partial charge in [0.25, 0.3) is 0 Å². The van der Waals surface area contributed by atoms with E-state index in [0.29, 0.717) is 6.42 Å². The Morgan fingerprint density at radius 2 is 1.95 bits per heavy atom. The van der Waals surface area contributed by atoms with Gasteiger partial charge in [-0.15, -0.1) is 0 Å². The van der Waals surface area contributed by atoms with Crippen LogP contribution >= 0.6 is 0 Å². The molecule has 0 unspecified atom stereocenters. The summed E-state index contributed by atoms with van der Waals surface area (Å²) in [4.78, 5) is 16.1. The summed E-state index contributed by atoms with van der Waals surface area (Å²) in [5.41, 5.74) is 2.03. The fourth-order valence-electron chi connectivity index (χ4n) is 2.37. The molecule has 1 fully saturated rings. The topological polar surface area (TPSA) is 42.0 Å². The molecule has 1 aromatic heterocycles. The first-order chi connectivity index (χ1) is 9.28. The molecule has 0 atom stereocenters. The van der Waals surface area contributed by atoms with Gasteiger partial charge in [-0.1, -0.05) is 36.4 Å². The molecule has 0 bridgehead atoms. The average molecular weight is 252 g/mol. The Kier molecular flexibility index (Phi) is 3.03. The number of amides is 1. The van der Waals surface area contributed by atoms with Crippen molar-refractivity contribution in [1.82, 2.24) is 10.3 Å². The van der Waals surface area contributed by atoms with E-state index in [1.54, 1.807) is 12.4 Å². The highest BCUT2D eigenvalue weighted by molar-refractivity contribution is 5.80. The highest BCUT2D eigenvalue weighted by Gasteiger charge is 2.45. The first-order valence-electron chi connectivity index (χ1n) is 6.54. The van der Waals surface area contributed by atoms with Gasteiger partial charge in [0.15, 0.2) is 0 Å². The maximum absolute atomic E-state index is 12.1. The molecule has 0 radical (unpaired) electrons. The fourth-order valence-corrected chi connectivity index (χ4v) is 2.37. The van der Waals surface area contributed by atoms with E-state index in [1.165, 1.54) is 5.56 Å². The van der Waals surface area contributed by atoms with Crippen LogP contribution in [0.3, 0.4) is 0 Å². The Balaban J connectivity index is 1.67. The van der Waals surface area contributed by atoms with Gasteiger partial charge >= 0.3 is 0 Å². The van der Waals surface area contributed by atoms with Gasteiger partial charge in [0.1, 0.15) is 0 Å². The standard InChI is InChI=1S/C16H16N2O/c19-15(11-13-5-4-10-17-12-13)18-16(8-9-16)14-6-2-1-3-7-14/h1-7,10,12H,8-9,11H2,(H,18,19). The highest BCUT2D eigenvalue weighted by Crippen LogP contribution is 2.45. The second-order valence-electron chi connectivity index (χ2n) is 5.03. The summed E-state index contributed by atoms with van der Waals surface area (Å²) in [6.45, 7) is 0. The molecule has 96 valence electrons. The smallest absolute Gasteiger partial charge is 0.225 e. The Morgan fingerprint density at radius 3 is 2.58 bits per heavy atom. The van der Waals surface area contributed by atoms with Crippen LogP contribution in [0.5, 0.6) is 0 Å². The summed E-state index contributed by atoms with van der Waals surface area (Å²) in [6, 6.07) is 14.0. The third kappa shape index (κ3) is 2.65. The number of nitrogens with zero attached hydrogens (tertiary/aromatic N) is 1. The first kappa shape index (κ1) is 11.9. The van der Waals surface area contributed by atoms with Gasteiger partial charge < -0.3 is 5.32 Å². The number of benzene rings is 1. The minimum Gasteiger partial charge on any atom is -0.346 e. The minimum absolute atomic E-state index is 0.0642. The van der Waals surface area contributed by atoms with E-state index in [4.69, 9.17) is 0 Å². The van der Waals surface area contributed by atoms with Gasteiger partial charge in [-0.05, 0) is 30.0 Å². The molecule has 0 aliphatic heterocycles. The minimum atomic E-state index is -0.124. The summed E-state index contributed by atoms with van der Waals surface area (Å²) in [7, 11) is 0. The Morgan fingerprint density at radius 1 is 1.16 bits per heavy atom. The van der Waals surface area contributed by atoms with Crippen LogP contribution in [0.1, 0.15) is 24.0 Å². The molecule has 0 saturated heterocycles. The molecule has 3 rings (SSSR count). The van der Waals surface area contributed by atoms with Crippen LogP contribution in [0, 0.1) is 0 Å². The molecule has 1 aromatic carbocycles. The third-order valence-electron chi connectivity index (χ3n) is 3.54. The predicted molar refractivity (Wildman–Crippen MR) is 73.4 cm³/mol. The van der Waals surface area contributed by atoms with E-state index >= 15 is 0 Å². The molecule has 1 heterocycles. The van der Waals surface area contributed by atoms with Crippen LogP contribution in [-0.2, 0) is 16.8 Å². The van der Waals surface area contributed by atoms with E-state index in [9.17, 15) is 4.79 Å². The van der Waals surface area contributed by atoms with Crippen molar-refractivity contribution in [3.05, 3.63) is 66.0 Å². The van der Waals surface area contributed by atoms with Crippen LogP contribution in [-0.4, -0.2) is 10.9 Å². The first-order valence-corrected chi connectivity index (χ1v) is 6.54. The normalized spacial score (nSPS) is 15.8. The maximum Gasteiger partial charge on any atom is 0.225 e. The highest BCUT2D eigenvalue weighted by atomic mass is 16.1. The van der Waals surface area contributed by atoms with Crippen LogP contribution in [0.4, 0.5) is 0 Å². The van der Waals surface area contributed by atoms with Crippen molar-refractivity contribution in [2.45, 2.75) is 24.8 Å². The number of hydrogen-bond acceptors (Lipinski definition) is 2. The summed E-state index contributed by atoms with van der Waals surface area (Å²) in [5.74, 6) is 0.0642. The van der Waals surface area contributed by atoms with E-state index in [1.807, 2.05) is 30.3 Å². The lowest BCUT2D eigenvalue weighted by Crippen LogP contribution is -2.35. The lowest BCUT2D eigenvalue weighted by Gasteiger charge is -2.17. The quantitative estimate of drug-likeness (QED) is 0.908. The van der Waals surface area contributed by atoms with E-state index < -0.39 is 0 Å². The zero-order valence-corrected chi connectivity index (χ0v) is 10.7. The number of carbonyl (C=O) groups is 1. The number of carbonyl (C=O) groups excluding carboxylic acids is 1. The van der Waals surface area contributed by atoms with E-state index in [0.717, 1.165) is 18.4 Å². The molecular formula is C16H16N2O. The van der Waals surface area contributed by atoms with Crippen molar-refractivity contribution in [2.24, 2.45) is 0 Å². The molecule has 1 aliphatic rings. The van der Waals surface area contributed by atoms with Gasteiger partial charge in [0.05, 0.1) is 12.0 Å². The summed E-state index contributed by atoms with van der Waals surface area (Å²) in [6.07, 6.45) is 5.89. The summed E-state index contributed by atoms with van der Waals surface area (Å²) in [5, 5.41) is 3.17. The van der Waals surface area contributed by atoms with Crippen LogP contribution in [0.25, 0.3) is 0 Å². The van der Waals surface area contributed by atoms with E-state index in [2.05, 4.69) is 22.4 Å². The van der Waals surface area contributed by atoms with Gasteiger partial charge in [0, 0.05) is 12.4 Å². The zero-order valence-electron chi connectivity index (χ0n) is 10.7. The van der Waals surface area contributed by atoms with Crippen molar-refractivity contribution < 1.29 is 4.79 Å². The molecule has 19 heavy (non-hydrogen) atoms. The van der Waals surface area contributed by atoms with Gasteiger partial charge in [-0.25, -0.2) is 0 Å². The number of hydrogen-bond donors (Lipinski definition) is 1. The Labute approximate surface area is 112 Å². The average Bonchev–Trinajstić information content (AvgIpc) is 3.21. The molecule has 1 saturated carbocycles. The zero-order chi connectivity index (χ0) is 13.1. The van der Waals surface area contributed by atoms with Crippen molar-refractivity contribution in [2.75, 3.05) is 0 Å². The predicted octanol–water partition coefficient (Wildman–Crippen LogP) is 2.43. The molecule has 3 heteroatoms. The molecule has 3 nitrogen and oxygen atoms in total. The number of rotatable bonds is 4. The summed E-state index contributed by atoms with van der Waals surface area (Å²) < 4.78 is 0. The molecule has 2 aromatic rings. The lowest BCUT2D eigenvalue weighted by molar-refractivity contribution is -0.121. The van der Waals surface area contributed by atoms with Crippen molar-refractivity contribution in [3.63, 3.8) is 0 Å². The van der Waals surface area contributed by atoms with E-state index in [-0.39, 0.29) is 11.4 Å². The molecule has 1 amide bonds. The SMILES string of the molecule is O=C(Cc1cccnc1)NC1(c2ccccc2)CC1. The van der Waals surface area contributed by atoms with Gasteiger partial charge in [-0.2, -0.15) is 0 Å². The largest absolute Gasteiger partial charge is 0.346 e. The Bertz CT molecular complexity index is 562. The Hall–Kier alpha value is -2.16. The van der Waals surface area contributed by atoms with Crippen LogP contribution < -0.4 is 5.32 Å². The van der Waals surface area contributed by atoms with Crippen LogP contribution in [0.15, 0.2) is 54.9 Å². The molecule has 1 aliphatic carbocycles. The van der Waals surface area contributed by atoms with Crippen molar-refractivity contribution >= 4 is 5.91 Å². The second-order valence-corrected chi connectivity index (χ2v) is 5.03. The number of nitrogens with one attached hydrogen (secondary N) is 1. The van der Waals surface area contributed by atoms with Gasteiger partial charge in [0.2, 0.25) is 5.91 Å². The molecule has 0 spiro atoms. The number of pyridine rings is 1. The molecular weight excluding hydrogens is 236 g/mol. The monoisotopic (exact) mass is 252 g/mol. The lowest BCUT2D eigenvalue weighted by atomic mass is 10.0. The second kappa shape index (κ2) is 4.84. The van der Waals surface area contributed by atoms with Gasteiger partial charge in [-0.3, -0.25) is 9.78 Å². The third-order valence-corrected chi connectivity index (χ3v) is 3.54. The molecule has 1 N–H and O–H groups in total. The van der Waals surface area contributed by atoms with Crippen molar-refractivity contribution in [3.8, 4) is 0 Å². The van der Waals surface area contributed by atoms with Crippen LogP contribution in [0.2, 0.25) is 0 Å². The maximum atomic E-state index is 12.1.